The molecule has 0 bridgehead atoms. The van der Waals surface area contributed by atoms with Crippen LogP contribution in [0.25, 0.3) is 11.1 Å². The molecule has 2 aromatic carbocycles. The van der Waals surface area contributed by atoms with Gasteiger partial charge in [-0.15, -0.1) is 0 Å². The maximum Gasteiger partial charge on any atom is 0.331 e. The number of halogens is 3. The Morgan fingerprint density at radius 2 is 1.67 bits per heavy atom. The lowest BCUT2D eigenvalue weighted by molar-refractivity contribution is 0.386. The lowest BCUT2D eigenvalue weighted by atomic mass is 10.0. The minimum absolute atomic E-state index is 0.0206. The van der Waals surface area contributed by atoms with Gasteiger partial charge in [-0.05, 0) is 44.9 Å². The molecule has 1 N–H and O–H groups in total. The number of nitrogens with zero attached hydrogens (tertiary/aromatic N) is 2. The van der Waals surface area contributed by atoms with E-state index in [-0.39, 0.29) is 40.7 Å². The van der Waals surface area contributed by atoms with E-state index in [9.17, 15) is 18.4 Å². The highest BCUT2D eigenvalue weighted by Crippen LogP contribution is 2.29. The molecule has 192 valence electrons. The second-order valence-electron chi connectivity index (χ2n) is 9.32. The summed E-state index contributed by atoms with van der Waals surface area (Å²) in [7, 11) is 1.31. The molecule has 1 aromatic heterocycles. The van der Waals surface area contributed by atoms with Crippen LogP contribution in [0.5, 0.6) is 5.75 Å². The summed E-state index contributed by atoms with van der Waals surface area (Å²) in [4.78, 5) is 27.2. The van der Waals surface area contributed by atoms with Gasteiger partial charge < -0.3 is 10.1 Å². The molecule has 1 heterocycles. The highest BCUT2D eigenvalue weighted by Gasteiger charge is 2.25. The van der Waals surface area contributed by atoms with E-state index in [1.54, 1.807) is 0 Å². The largest absolute Gasteiger partial charge is 0.494 e. The normalized spacial score (nSPS) is 14.8. The molecular weight excluding hydrogens is 471 g/mol. The van der Waals surface area contributed by atoms with Crippen molar-refractivity contribution in [2.45, 2.75) is 64.7 Å². The molecule has 0 amide bonds. The second-order valence-corrected chi connectivity index (χ2v) is 9.32. The topological polar surface area (TPSA) is 65.3 Å². The minimum atomic E-state index is -0.815. The highest BCUT2D eigenvalue weighted by atomic mass is 19.1. The Kier molecular flexibility index (Phi) is 7.68. The molecular formula is C27H30F3N3O3. The Balaban J connectivity index is 1.89. The summed E-state index contributed by atoms with van der Waals surface area (Å²) in [5, 5.41) is 3.45. The lowest BCUT2D eigenvalue weighted by Gasteiger charge is -2.22. The van der Waals surface area contributed by atoms with Gasteiger partial charge in [0, 0.05) is 35.4 Å². The Hall–Kier alpha value is -3.33. The van der Waals surface area contributed by atoms with Crippen molar-refractivity contribution in [2.24, 2.45) is 0 Å². The first-order valence-electron chi connectivity index (χ1n) is 12.1. The number of hydrogen-bond donors (Lipinski definition) is 1. The van der Waals surface area contributed by atoms with Crippen LogP contribution >= 0.6 is 0 Å². The van der Waals surface area contributed by atoms with Crippen LogP contribution in [-0.4, -0.2) is 28.3 Å². The van der Waals surface area contributed by atoms with E-state index < -0.39 is 35.2 Å². The molecule has 0 spiro atoms. The van der Waals surface area contributed by atoms with Gasteiger partial charge in [-0.1, -0.05) is 31.0 Å². The van der Waals surface area contributed by atoms with Gasteiger partial charge in [-0.3, -0.25) is 13.9 Å². The van der Waals surface area contributed by atoms with E-state index in [1.807, 2.05) is 6.92 Å². The predicted octanol–water partition coefficient (Wildman–Crippen LogP) is 4.38. The van der Waals surface area contributed by atoms with Crippen molar-refractivity contribution in [3.05, 3.63) is 85.9 Å². The summed E-state index contributed by atoms with van der Waals surface area (Å²) >= 11 is 0. The number of benzene rings is 2. The zero-order valence-corrected chi connectivity index (χ0v) is 20.6. The van der Waals surface area contributed by atoms with Gasteiger partial charge in [0.1, 0.15) is 11.6 Å². The molecule has 9 heteroatoms. The van der Waals surface area contributed by atoms with Gasteiger partial charge >= 0.3 is 5.69 Å². The molecule has 0 aliphatic heterocycles. The first-order valence-corrected chi connectivity index (χ1v) is 12.1. The predicted molar refractivity (Wildman–Crippen MR) is 132 cm³/mol. The summed E-state index contributed by atoms with van der Waals surface area (Å²) < 4.78 is 51.5. The van der Waals surface area contributed by atoms with Gasteiger partial charge in [-0.25, -0.2) is 18.0 Å². The van der Waals surface area contributed by atoms with Crippen molar-refractivity contribution < 1.29 is 17.9 Å². The van der Waals surface area contributed by atoms with Crippen LogP contribution in [0.15, 0.2) is 46.0 Å². The van der Waals surface area contributed by atoms with Gasteiger partial charge in [-0.2, -0.15) is 0 Å². The van der Waals surface area contributed by atoms with E-state index >= 15 is 4.39 Å². The summed E-state index contributed by atoms with van der Waals surface area (Å²) in [5.41, 5.74) is -1.71. The fourth-order valence-electron chi connectivity index (χ4n) is 4.98. The lowest BCUT2D eigenvalue weighted by Crippen LogP contribution is -2.47. The average molecular weight is 502 g/mol. The molecule has 3 aromatic rings. The maximum atomic E-state index is 15.3. The Morgan fingerprint density at radius 3 is 2.31 bits per heavy atom. The van der Waals surface area contributed by atoms with Crippen LogP contribution in [-0.2, 0) is 13.1 Å². The zero-order chi connectivity index (χ0) is 26.0. The Bertz CT molecular complexity index is 1360. The van der Waals surface area contributed by atoms with E-state index in [0.29, 0.717) is 6.04 Å². The molecule has 4 rings (SSSR count). The van der Waals surface area contributed by atoms with Crippen LogP contribution in [0.4, 0.5) is 13.2 Å². The number of methoxy groups -OCH3 is 1. The van der Waals surface area contributed by atoms with Crippen LogP contribution in [0, 0.1) is 24.4 Å². The first kappa shape index (κ1) is 25.8. The molecule has 0 radical (unpaired) electrons. The van der Waals surface area contributed by atoms with Crippen molar-refractivity contribution in [1.82, 2.24) is 14.5 Å². The van der Waals surface area contributed by atoms with E-state index in [0.717, 1.165) is 47.0 Å². The standard InChI is InChI=1S/C27H30F3N3O3/c1-16(31-18-8-4-5-9-18)14-33-26(34)24(19-10-6-13-23(36-3)25(19)30)17(2)32(27(33)35)15-20-21(28)11-7-12-22(20)29/h6-7,10-13,16,18,31H,4-5,8-9,14-15H2,1-3H3/t16-/m1/s1. The molecule has 1 aliphatic carbocycles. The minimum Gasteiger partial charge on any atom is -0.494 e. The number of hydrogen-bond acceptors (Lipinski definition) is 4. The van der Waals surface area contributed by atoms with Crippen LogP contribution in [0.1, 0.15) is 43.9 Å². The molecule has 6 nitrogen and oxygen atoms in total. The quantitative estimate of drug-likeness (QED) is 0.498. The zero-order valence-electron chi connectivity index (χ0n) is 20.6. The first-order chi connectivity index (χ1) is 17.2. The van der Waals surface area contributed by atoms with Gasteiger partial charge in [0.2, 0.25) is 0 Å². The molecule has 1 saturated carbocycles. The molecule has 1 aliphatic rings. The molecule has 1 fully saturated rings. The summed E-state index contributed by atoms with van der Waals surface area (Å²) in [5.74, 6) is -2.45. The second kappa shape index (κ2) is 10.7. The smallest absolute Gasteiger partial charge is 0.331 e. The third-order valence-electron chi connectivity index (χ3n) is 6.85. The van der Waals surface area contributed by atoms with Crippen molar-refractivity contribution >= 4 is 0 Å². The average Bonchev–Trinajstić information content (AvgIpc) is 3.35. The van der Waals surface area contributed by atoms with Crippen molar-refractivity contribution in [3.8, 4) is 16.9 Å². The number of aromatic nitrogens is 2. The Labute approximate surface area is 207 Å². The summed E-state index contributed by atoms with van der Waals surface area (Å²) in [6, 6.07) is 7.88. The van der Waals surface area contributed by atoms with Crippen molar-refractivity contribution in [3.63, 3.8) is 0 Å². The monoisotopic (exact) mass is 501 g/mol. The van der Waals surface area contributed by atoms with Gasteiger partial charge in [0.25, 0.3) is 5.56 Å². The third kappa shape index (κ3) is 4.97. The van der Waals surface area contributed by atoms with Crippen LogP contribution in [0.2, 0.25) is 0 Å². The van der Waals surface area contributed by atoms with E-state index in [4.69, 9.17) is 4.74 Å². The van der Waals surface area contributed by atoms with E-state index in [2.05, 4.69) is 5.32 Å². The van der Waals surface area contributed by atoms with Crippen LogP contribution in [0.3, 0.4) is 0 Å². The fourth-order valence-corrected chi connectivity index (χ4v) is 4.98. The third-order valence-corrected chi connectivity index (χ3v) is 6.85. The number of nitrogens with one attached hydrogen (secondary N) is 1. The van der Waals surface area contributed by atoms with Crippen molar-refractivity contribution in [1.29, 1.82) is 0 Å². The van der Waals surface area contributed by atoms with Gasteiger partial charge in [0.05, 0.1) is 19.2 Å². The molecule has 1 atom stereocenters. The maximum absolute atomic E-state index is 15.3. The fraction of sp³-hybridized carbons (Fsp3) is 0.407. The van der Waals surface area contributed by atoms with Crippen molar-refractivity contribution in [2.75, 3.05) is 7.11 Å². The number of rotatable bonds is 8. The SMILES string of the molecule is COc1cccc(-c2c(C)n(Cc3c(F)cccc3F)c(=O)n(C[C@@H](C)NC3CCCC3)c2=O)c1F. The Morgan fingerprint density at radius 1 is 1.03 bits per heavy atom. The highest BCUT2D eigenvalue weighted by molar-refractivity contribution is 5.67. The van der Waals surface area contributed by atoms with Crippen LogP contribution < -0.4 is 21.3 Å². The number of ether oxygens (including phenoxy) is 1. The van der Waals surface area contributed by atoms with E-state index in [1.165, 1.54) is 38.3 Å². The molecule has 36 heavy (non-hydrogen) atoms. The molecule has 0 saturated heterocycles. The summed E-state index contributed by atoms with van der Waals surface area (Å²) in [6.07, 6.45) is 4.28. The van der Waals surface area contributed by atoms with Gasteiger partial charge in [0.15, 0.2) is 11.6 Å². The molecule has 0 unspecified atom stereocenters. The summed E-state index contributed by atoms with van der Waals surface area (Å²) in [6.45, 7) is 2.91.